The van der Waals surface area contributed by atoms with Gasteiger partial charge in [-0.25, -0.2) is 9.97 Å². The summed E-state index contributed by atoms with van der Waals surface area (Å²) in [6.45, 7) is 0. The number of hydrogen-bond donors (Lipinski definition) is 0. The Labute approximate surface area is 101 Å². The van der Waals surface area contributed by atoms with Crippen molar-refractivity contribution in [1.82, 2.24) is 9.97 Å². The largest absolute Gasteiger partial charge is 0.244 e. The van der Waals surface area contributed by atoms with Gasteiger partial charge in [0.25, 0.3) is 0 Å². The van der Waals surface area contributed by atoms with Crippen molar-refractivity contribution in [3.05, 3.63) is 46.9 Å². The maximum Gasteiger partial charge on any atom is 0.116 e. The van der Waals surface area contributed by atoms with Crippen LogP contribution in [0.25, 0.3) is 21.7 Å². The number of thiophene rings is 2. The zero-order valence-electron chi connectivity index (χ0n) is 8.33. The number of nitrogens with zero attached hydrogens (tertiary/aromatic N) is 2. The summed E-state index contributed by atoms with van der Waals surface area (Å²) < 4.78 is 0. The molecule has 16 heavy (non-hydrogen) atoms. The summed E-state index contributed by atoms with van der Waals surface area (Å²) in [5, 5.41) is 6.26. The van der Waals surface area contributed by atoms with Gasteiger partial charge in [0.15, 0.2) is 0 Å². The highest BCUT2D eigenvalue weighted by atomic mass is 32.1. The lowest BCUT2D eigenvalue weighted by atomic mass is 10.1. The third-order valence-electron chi connectivity index (χ3n) is 2.30. The normalized spacial score (nSPS) is 10.5. The molecule has 2 nitrogen and oxygen atoms in total. The second kappa shape index (κ2) is 4.15. The van der Waals surface area contributed by atoms with E-state index in [1.807, 2.05) is 12.3 Å². The van der Waals surface area contributed by atoms with E-state index < -0.39 is 0 Å². The van der Waals surface area contributed by atoms with Crippen molar-refractivity contribution in [2.75, 3.05) is 0 Å². The fraction of sp³-hybridized carbons (Fsp3) is 0. The van der Waals surface area contributed by atoms with Gasteiger partial charge in [0, 0.05) is 11.8 Å². The van der Waals surface area contributed by atoms with Gasteiger partial charge in [0.05, 0.1) is 10.6 Å². The first-order chi connectivity index (χ1) is 7.95. The molecule has 0 radical (unpaired) electrons. The Morgan fingerprint density at radius 3 is 2.88 bits per heavy atom. The molecule has 3 aromatic heterocycles. The van der Waals surface area contributed by atoms with Crippen LogP contribution < -0.4 is 0 Å². The van der Waals surface area contributed by atoms with Crippen molar-refractivity contribution in [3.63, 3.8) is 0 Å². The van der Waals surface area contributed by atoms with Crippen molar-refractivity contribution in [2.24, 2.45) is 0 Å². The van der Waals surface area contributed by atoms with Gasteiger partial charge in [-0.1, -0.05) is 6.07 Å². The summed E-state index contributed by atoms with van der Waals surface area (Å²) in [7, 11) is 0. The van der Waals surface area contributed by atoms with Crippen LogP contribution in [-0.2, 0) is 0 Å². The average Bonchev–Trinajstić information content (AvgIpc) is 3.03. The lowest BCUT2D eigenvalue weighted by molar-refractivity contribution is 1.18. The quantitative estimate of drug-likeness (QED) is 0.682. The number of hydrogen-bond acceptors (Lipinski definition) is 4. The molecule has 0 unspecified atom stereocenters. The van der Waals surface area contributed by atoms with Crippen molar-refractivity contribution in [3.8, 4) is 21.7 Å². The Morgan fingerprint density at radius 2 is 2.12 bits per heavy atom. The zero-order valence-corrected chi connectivity index (χ0v) is 9.96. The zero-order chi connectivity index (χ0) is 10.8. The maximum atomic E-state index is 4.38. The van der Waals surface area contributed by atoms with E-state index in [0.717, 1.165) is 11.3 Å². The van der Waals surface area contributed by atoms with Gasteiger partial charge in [-0.2, -0.15) is 11.3 Å². The van der Waals surface area contributed by atoms with Crippen molar-refractivity contribution < 1.29 is 0 Å². The monoisotopic (exact) mass is 244 g/mol. The Kier molecular flexibility index (Phi) is 2.52. The first-order valence-corrected chi connectivity index (χ1v) is 6.64. The van der Waals surface area contributed by atoms with E-state index in [1.165, 1.54) is 10.4 Å². The van der Waals surface area contributed by atoms with Gasteiger partial charge < -0.3 is 0 Å². The third-order valence-corrected chi connectivity index (χ3v) is 3.86. The average molecular weight is 244 g/mol. The van der Waals surface area contributed by atoms with Gasteiger partial charge >= 0.3 is 0 Å². The van der Waals surface area contributed by atoms with Gasteiger partial charge in [-0.3, -0.25) is 0 Å². The molecule has 3 rings (SSSR count). The van der Waals surface area contributed by atoms with E-state index in [2.05, 4.69) is 38.2 Å². The molecule has 0 amide bonds. The standard InChI is InChI=1S/C12H8N2S2/c1-2-11(16-4-1)12-10(6-13-8-14-12)9-3-5-15-7-9/h1-8H. The molecular weight excluding hydrogens is 236 g/mol. The second-order valence-corrected chi connectivity index (χ2v) is 5.00. The van der Waals surface area contributed by atoms with E-state index in [0.29, 0.717) is 0 Å². The highest BCUT2D eigenvalue weighted by Crippen LogP contribution is 2.32. The SMILES string of the molecule is c1csc(-c2ncncc2-c2ccsc2)c1. The Bertz CT molecular complexity index is 518. The van der Waals surface area contributed by atoms with Crippen LogP contribution in [0, 0.1) is 0 Å². The Balaban J connectivity index is 2.19. The second-order valence-electron chi connectivity index (χ2n) is 3.27. The molecule has 78 valence electrons. The van der Waals surface area contributed by atoms with Crippen molar-refractivity contribution >= 4 is 22.7 Å². The predicted octanol–water partition coefficient (Wildman–Crippen LogP) is 3.93. The van der Waals surface area contributed by atoms with Crippen LogP contribution in [0.5, 0.6) is 0 Å². The molecule has 0 saturated heterocycles. The van der Waals surface area contributed by atoms with Gasteiger partial charge in [-0.05, 0) is 33.8 Å². The molecule has 0 aliphatic carbocycles. The summed E-state index contributed by atoms with van der Waals surface area (Å²) in [5.74, 6) is 0. The minimum atomic E-state index is 1.02. The molecule has 0 aliphatic rings. The van der Waals surface area contributed by atoms with Crippen LogP contribution in [0.3, 0.4) is 0 Å². The van der Waals surface area contributed by atoms with Crippen LogP contribution in [0.4, 0.5) is 0 Å². The molecule has 3 aromatic rings. The third kappa shape index (κ3) is 1.66. The molecule has 0 atom stereocenters. The fourth-order valence-corrected chi connectivity index (χ4v) is 2.96. The summed E-state index contributed by atoms with van der Waals surface area (Å²) in [6, 6.07) is 6.23. The number of aromatic nitrogens is 2. The molecule has 0 bridgehead atoms. The fourth-order valence-electron chi connectivity index (χ4n) is 1.57. The molecule has 0 aliphatic heterocycles. The van der Waals surface area contributed by atoms with Gasteiger partial charge in [-0.15, -0.1) is 11.3 Å². The van der Waals surface area contributed by atoms with E-state index >= 15 is 0 Å². The van der Waals surface area contributed by atoms with Crippen LogP contribution in [0.1, 0.15) is 0 Å². The highest BCUT2D eigenvalue weighted by molar-refractivity contribution is 7.13. The van der Waals surface area contributed by atoms with E-state index in [1.54, 1.807) is 29.0 Å². The summed E-state index contributed by atoms with van der Waals surface area (Å²) in [6.07, 6.45) is 3.48. The molecule has 0 spiro atoms. The summed E-state index contributed by atoms with van der Waals surface area (Å²) in [4.78, 5) is 9.67. The molecule has 0 N–H and O–H groups in total. The molecule has 4 heteroatoms. The van der Waals surface area contributed by atoms with Crippen LogP contribution in [0.2, 0.25) is 0 Å². The van der Waals surface area contributed by atoms with Gasteiger partial charge in [0.2, 0.25) is 0 Å². The Morgan fingerprint density at radius 1 is 1.12 bits per heavy atom. The van der Waals surface area contributed by atoms with Gasteiger partial charge in [0.1, 0.15) is 6.33 Å². The van der Waals surface area contributed by atoms with Crippen molar-refractivity contribution in [2.45, 2.75) is 0 Å². The summed E-state index contributed by atoms with van der Waals surface area (Å²) in [5.41, 5.74) is 3.31. The first kappa shape index (κ1) is 9.69. The van der Waals surface area contributed by atoms with Crippen LogP contribution in [0.15, 0.2) is 46.9 Å². The van der Waals surface area contributed by atoms with E-state index in [-0.39, 0.29) is 0 Å². The molecular formula is C12H8N2S2. The minimum Gasteiger partial charge on any atom is -0.244 e. The lowest BCUT2D eigenvalue weighted by Crippen LogP contribution is -1.87. The Hall–Kier alpha value is -1.52. The smallest absolute Gasteiger partial charge is 0.116 e. The number of rotatable bonds is 2. The molecule has 3 heterocycles. The van der Waals surface area contributed by atoms with E-state index in [9.17, 15) is 0 Å². The van der Waals surface area contributed by atoms with Crippen LogP contribution >= 0.6 is 22.7 Å². The molecule has 0 saturated carbocycles. The molecule has 0 fully saturated rings. The lowest BCUT2D eigenvalue weighted by Gasteiger charge is -2.03. The maximum absolute atomic E-state index is 4.38. The minimum absolute atomic E-state index is 1.02. The summed E-state index contributed by atoms with van der Waals surface area (Å²) >= 11 is 3.39. The predicted molar refractivity (Wildman–Crippen MR) is 68.7 cm³/mol. The highest BCUT2D eigenvalue weighted by Gasteiger charge is 2.09. The van der Waals surface area contributed by atoms with Crippen molar-refractivity contribution in [1.29, 1.82) is 0 Å². The van der Waals surface area contributed by atoms with Crippen LogP contribution in [-0.4, -0.2) is 9.97 Å². The molecule has 0 aromatic carbocycles. The van der Waals surface area contributed by atoms with E-state index in [4.69, 9.17) is 0 Å². The topological polar surface area (TPSA) is 25.8 Å². The first-order valence-electron chi connectivity index (χ1n) is 4.81.